The lowest BCUT2D eigenvalue weighted by molar-refractivity contribution is -0.0610. The highest BCUT2D eigenvalue weighted by atomic mass is 79.9. The maximum Gasteiger partial charge on any atom is 0.112 e. The molecule has 1 atom stereocenters. The SMILES string of the molecule is CC1(O)COCc2cncc(Br)c21. The average molecular weight is 244 g/mol. The van der Waals surface area contributed by atoms with E-state index in [9.17, 15) is 5.11 Å². The summed E-state index contributed by atoms with van der Waals surface area (Å²) in [6, 6.07) is 0. The van der Waals surface area contributed by atoms with Gasteiger partial charge in [0, 0.05) is 28.0 Å². The predicted molar refractivity (Wildman–Crippen MR) is 51.2 cm³/mol. The number of nitrogens with zero attached hydrogens (tertiary/aromatic N) is 1. The van der Waals surface area contributed by atoms with Gasteiger partial charge < -0.3 is 9.84 Å². The topological polar surface area (TPSA) is 42.4 Å². The fraction of sp³-hybridized carbons (Fsp3) is 0.444. The number of fused-ring (bicyclic) bond motifs is 1. The molecule has 0 saturated carbocycles. The van der Waals surface area contributed by atoms with Gasteiger partial charge in [0.1, 0.15) is 5.60 Å². The molecule has 3 nitrogen and oxygen atoms in total. The van der Waals surface area contributed by atoms with Gasteiger partial charge in [-0.25, -0.2) is 0 Å². The highest BCUT2D eigenvalue weighted by molar-refractivity contribution is 9.10. The number of halogens is 1. The summed E-state index contributed by atoms with van der Waals surface area (Å²) in [5.41, 5.74) is 0.939. The van der Waals surface area contributed by atoms with Gasteiger partial charge in [0.15, 0.2) is 0 Å². The first kappa shape index (κ1) is 9.12. The van der Waals surface area contributed by atoms with Crippen molar-refractivity contribution in [1.82, 2.24) is 4.98 Å². The highest BCUT2D eigenvalue weighted by Gasteiger charge is 2.32. The van der Waals surface area contributed by atoms with E-state index in [0.717, 1.165) is 15.6 Å². The van der Waals surface area contributed by atoms with E-state index in [1.54, 1.807) is 19.3 Å². The van der Waals surface area contributed by atoms with E-state index in [1.165, 1.54) is 0 Å². The first-order chi connectivity index (χ1) is 6.11. The van der Waals surface area contributed by atoms with Crippen molar-refractivity contribution in [2.24, 2.45) is 0 Å². The molecule has 2 heterocycles. The number of aliphatic hydroxyl groups is 1. The van der Waals surface area contributed by atoms with Crippen molar-refractivity contribution in [3.05, 3.63) is 28.0 Å². The Bertz CT molecular complexity index is 338. The Labute approximate surface area is 84.9 Å². The van der Waals surface area contributed by atoms with Gasteiger partial charge in [-0.1, -0.05) is 0 Å². The molecule has 70 valence electrons. The zero-order valence-electron chi connectivity index (χ0n) is 7.25. The van der Waals surface area contributed by atoms with Gasteiger partial charge >= 0.3 is 0 Å². The lowest BCUT2D eigenvalue weighted by atomic mass is 9.92. The van der Waals surface area contributed by atoms with Crippen molar-refractivity contribution in [2.75, 3.05) is 6.61 Å². The monoisotopic (exact) mass is 243 g/mol. The highest BCUT2D eigenvalue weighted by Crippen LogP contribution is 2.34. The van der Waals surface area contributed by atoms with Crippen LogP contribution in [0.1, 0.15) is 18.1 Å². The van der Waals surface area contributed by atoms with Crippen molar-refractivity contribution in [2.45, 2.75) is 19.1 Å². The van der Waals surface area contributed by atoms with E-state index >= 15 is 0 Å². The molecule has 1 aliphatic rings. The predicted octanol–water partition coefficient (Wildman–Crippen LogP) is 1.58. The molecule has 1 aromatic heterocycles. The lowest BCUT2D eigenvalue weighted by Gasteiger charge is -2.31. The van der Waals surface area contributed by atoms with E-state index in [2.05, 4.69) is 20.9 Å². The number of hydrogen-bond acceptors (Lipinski definition) is 3. The second kappa shape index (κ2) is 3.04. The average Bonchev–Trinajstić information content (AvgIpc) is 2.02. The second-order valence-electron chi connectivity index (χ2n) is 3.42. The Balaban J connectivity index is 2.61. The van der Waals surface area contributed by atoms with Crippen molar-refractivity contribution in [1.29, 1.82) is 0 Å². The molecule has 0 bridgehead atoms. The van der Waals surface area contributed by atoms with Crippen LogP contribution in [0.15, 0.2) is 16.9 Å². The Morgan fingerprint density at radius 3 is 3.08 bits per heavy atom. The Morgan fingerprint density at radius 1 is 1.62 bits per heavy atom. The van der Waals surface area contributed by atoms with Crippen LogP contribution in [-0.4, -0.2) is 16.7 Å². The van der Waals surface area contributed by atoms with Crippen LogP contribution >= 0.6 is 15.9 Å². The van der Waals surface area contributed by atoms with Gasteiger partial charge in [-0.15, -0.1) is 0 Å². The van der Waals surface area contributed by atoms with Crippen LogP contribution in [0.5, 0.6) is 0 Å². The Hall–Kier alpha value is -0.450. The van der Waals surface area contributed by atoms with Crippen molar-refractivity contribution >= 4 is 15.9 Å². The van der Waals surface area contributed by atoms with Crippen LogP contribution in [0.3, 0.4) is 0 Å². The molecule has 0 saturated heterocycles. The van der Waals surface area contributed by atoms with Crippen LogP contribution < -0.4 is 0 Å². The maximum atomic E-state index is 10.0. The summed E-state index contributed by atoms with van der Waals surface area (Å²) in [6.07, 6.45) is 3.42. The third-order valence-electron chi connectivity index (χ3n) is 2.16. The Morgan fingerprint density at radius 2 is 2.38 bits per heavy atom. The molecule has 0 aliphatic carbocycles. The first-order valence-corrected chi connectivity index (χ1v) is 4.83. The molecule has 4 heteroatoms. The van der Waals surface area contributed by atoms with Gasteiger partial charge in [-0.05, 0) is 22.9 Å². The lowest BCUT2D eigenvalue weighted by Crippen LogP contribution is -2.33. The Kier molecular flexibility index (Phi) is 2.14. The maximum absolute atomic E-state index is 10.0. The fourth-order valence-electron chi connectivity index (χ4n) is 1.62. The van der Waals surface area contributed by atoms with E-state index in [4.69, 9.17) is 4.74 Å². The summed E-state index contributed by atoms with van der Waals surface area (Å²) in [4.78, 5) is 4.03. The zero-order valence-corrected chi connectivity index (χ0v) is 8.84. The van der Waals surface area contributed by atoms with Crippen LogP contribution in [0, 0.1) is 0 Å². The fourth-order valence-corrected chi connectivity index (χ4v) is 2.42. The summed E-state index contributed by atoms with van der Waals surface area (Å²) >= 11 is 3.38. The second-order valence-corrected chi connectivity index (χ2v) is 4.28. The molecule has 13 heavy (non-hydrogen) atoms. The molecule has 1 N–H and O–H groups in total. The number of pyridine rings is 1. The summed E-state index contributed by atoms with van der Waals surface area (Å²) in [7, 11) is 0. The third kappa shape index (κ3) is 1.49. The van der Waals surface area contributed by atoms with Crippen LogP contribution in [0.2, 0.25) is 0 Å². The van der Waals surface area contributed by atoms with Gasteiger partial charge in [0.25, 0.3) is 0 Å². The molecule has 1 aromatic rings. The molecule has 0 fully saturated rings. The van der Waals surface area contributed by atoms with Gasteiger partial charge in [-0.2, -0.15) is 0 Å². The summed E-state index contributed by atoms with van der Waals surface area (Å²) in [5, 5.41) is 10.0. The van der Waals surface area contributed by atoms with Crippen LogP contribution in [0.25, 0.3) is 0 Å². The standard InChI is InChI=1S/C9H10BrNO2/c1-9(12)5-13-4-6-2-11-3-7(10)8(6)9/h2-3,12H,4-5H2,1H3. The molecule has 0 spiro atoms. The van der Waals surface area contributed by atoms with E-state index in [1.807, 2.05) is 0 Å². The smallest absolute Gasteiger partial charge is 0.112 e. The van der Waals surface area contributed by atoms with Crippen molar-refractivity contribution < 1.29 is 9.84 Å². The van der Waals surface area contributed by atoms with E-state index in [-0.39, 0.29) is 0 Å². The van der Waals surface area contributed by atoms with E-state index in [0.29, 0.717) is 13.2 Å². The number of rotatable bonds is 0. The largest absolute Gasteiger partial charge is 0.383 e. The number of aromatic nitrogens is 1. The van der Waals surface area contributed by atoms with Gasteiger partial charge in [0.05, 0.1) is 13.2 Å². The minimum Gasteiger partial charge on any atom is -0.383 e. The molecule has 0 radical (unpaired) electrons. The molecular weight excluding hydrogens is 234 g/mol. The molecule has 1 aliphatic heterocycles. The normalized spacial score (nSPS) is 27.0. The van der Waals surface area contributed by atoms with E-state index < -0.39 is 5.60 Å². The minimum absolute atomic E-state index is 0.336. The summed E-state index contributed by atoms with van der Waals surface area (Å²) in [6.45, 7) is 2.61. The quantitative estimate of drug-likeness (QED) is 0.753. The number of hydrogen-bond donors (Lipinski definition) is 1. The third-order valence-corrected chi connectivity index (χ3v) is 2.76. The molecule has 1 unspecified atom stereocenters. The number of ether oxygens (including phenoxy) is 1. The van der Waals surface area contributed by atoms with Crippen LogP contribution in [-0.2, 0) is 16.9 Å². The molecule has 0 aromatic carbocycles. The zero-order chi connectivity index (χ0) is 9.47. The minimum atomic E-state index is -0.907. The van der Waals surface area contributed by atoms with Gasteiger partial charge in [0.2, 0.25) is 0 Å². The van der Waals surface area contributed by atoms with Crippen molar-refractivity contribution in [3.8, 4) is 0 Å². The summed E-state index contributed by atoms with van der Waals surface area (Å²) in [5.74, 6) is 0. The molecule has 2 rings (SSSR count). The van der Waals surface area contributed by atoms with Gasteiger partial charge in [-0.3, -0.25) is 4.98 Å². The molecular formula is C9H10BrNO2. The van der Waals surface area contributed by atoms with Crippen molar-refractivity contribution in [3.63, 3.8) is 0 Å². The van der Waals surface area contributed by atoms with Crippen LogP contribution in [0.4, 0.5) is 0 Å². The first-order valence-electron chi connectivity index (χ1n) is 4.04. The summed E-state index contributed by atoms with van der Waals surface area (Å²) < 4.78 is 6.10. The molecule has 0 amide bonds.